The van der Waals surface area contributed by atoms with E-state index in [1.54, 1.807) is 24.3 Å². The molecule has 1 aliphatic rings. The summed E-state index contributed by atoms with van der Waals surface area (Å²) >= 11 is 0. The highest BCUT2D eigenvalue weighted by Gasteiger charge is 2.16. The topological polar surface area (TPSA) is 62.6 Å². The van der Waals surface area contributed by atoms with Crippen LogP contribution in [-0.2, 0) is 16.6 Å². The maximum atomic E-state index is 12.2. The second-order valence-corrected chi connectivity index (χ2v) is 6.86. The molecule has 1 aromatic carbocycles. The van der Waals surface area contributed by atoms with Crippen LogP contribution in [0.25, 0.3) is 0 Å². The van der Waals surface area contributed by atoms with Crippen LogP contribution in [0.2, 0.25) is 0 Å². The van der Waals surface area contributed by atoms with E-state index in [0.29, 0.717) is 5.76 Å². The van der Waals surface area contributed by atoms with Crippen molar-refractivity contribution in [2.75, 3.05) is 18.0 Å². The first kappa shape index (κ1) is 14.2. The zero-order chi connectivity index (χ0) is 14.7. The molecule has 3 rings (SSSR count). The van der Waals surface area contributed by atoms with Gasteiger partial charge in [-0.1, -0.05) is 0 Å². The molecule has 2 aromatic rings. The van der Waals surface area contributed by atoms with Crippen LogP contribution >= 0.6 is 0 Å². The fourth-order valence-electron chi connectivity index (χ4n) is 2.47. The van der Waals surface area contributed by atoms with Gasteiger partial charge in [0.1, 0.15) is 5.76 Å². The molecule has 1 fully saturated rings. The molecule has 6 heteroatoms. The first-order valence-corrected chi connectivity index (χ1v) is 8.50. The Morgan fingerprint density at radius 2 is 1.81 bits per heavy atom. The van der Waals surface area contributed by atoms with Gasteiger partial charge in [-0.3, -0.25) is 0 Å². The second kappa shape index (κ2) is 5.91. The Hall–Kier alpha value is -1.79. The van der Waals surface area contributed by atoms with Crippen molar-refractivity contribution in [1.29, 1.82) is 0 Å². The smallest absolute Gasteiger partial charge is 0.240 e. The van der Waals surface area contributed by atoms with E-state index in [4.69, 9.17) is 4.42 Å². The normalized spacial score (nSPS) is 15.5. The molecule has 1 N–H and O–H groups in total. The first-order chi connectivity index (χ1) is 10.1. The van der Waals surface area contributed by atoms with Gasteiger partial charge < -0.3 is 9.32 Å². The summed E-state index contributed by atoms with van der Waals surface area (Å²) in [6, 6.07) is 10.5. The molecule has 0 bridgehead atoms. The molecule has 0 amide bonds. The van der Waals surface area contributed by atoms with Crippen molar-refractivity contribution in [3.63, 3.8) is 0 Å². The number of hydrogen-bond acceptors (Lipinski definition) is 4. The third-order valence-corrected chi connectivity index (χ3v) is 5.05. The van der Waals surface area contributed by atoms with Gasteiger partial charge in [0, 0.05) is 18.8 Å². The highest BCUT2D eigenvalue weighted by molar-refractivity contribution is 7.89. The Kier molecular flexibility index (Phi) is 3.98. The molecule has 0 spiro atoms. The highest BCUT2D eigenvalue weighted by atomic mass is 32.2. The summed E-state index contributed by atoms with van der Waals surface area (Å²) < 4.78 is 32.0. The van der Waals surface area contributed by atoms with Crippen molar-refractivity contribution in [2.24, 2.45) is 0 Å². The number of nitrogens with one attached hydrogen (secondary N) is 1. The van der Waals surface area contributed by atoms with Crippen molar-refractivity contribution < 1.29 is 12.8 Å². The molecule has 5 nitrogen and oxygen atoms in total. The Labute approximate surface area is 124 Å². The van der Waals surface area contributed by atoms with Crippen molar-refractivity contribution >= 4 is 15.7 Å². The molecule has 0 aliphatic carbocycles. The average Bonchev–Trinajstić information content (AvgIpc) is 3.19. The number of anilines is 1. The third-order valence-electron chi connectivity index (χ3n) is 3.63. The number of sulfonamides is 1. The Bertz CT molecular complexity index is 672. The van der Waals surface area contributed by atoms with E-state index < -0.39 is 10.0 Å². The van der Waals surface area contributed by atoms with E-state index in [0.717, 1.165) is 18.8 Å². The molecular formula is C15H18N2O3S. The molecule has 1 aromatic heterocycles. The first-order valence-electron chi connectivity index (χ1n) is 7.02. The molecule has 1 saturated heterocycles. The summed E-state index contributed by atoms with van der Waals surface area (Å²) in [5.41, 5.74) is 1.08. The summed E-state index contributed by atoms with van der Waals surface area (Å²) in [5.74, 6) is 0.590. The van der Waals surface area contributed by atoms with Crippen LogP contribution in [0.15, 0.2) is 52.0 Å². The third kappa shape index (κ3) is 3.28. The van der Waals surface area contributed by atoms with Crippen molar-refractivity contribution in [3.8, 4) is 0 Å². The molecule has 0 unspecified atom stereocenters. The monoisotopic (exact) mass is 306 g/mol. The fraction of sp³-hybridized carbons (Fsp3) is 0.333. The van der Waals surface area contributed by atoms with Gasteiger partial charge in [0.15, 0.2) is 0 Å². The fourth-order valence-corrected chi connectivity index (χ4v) is 3.47. The molecule has 0 radical (unpaired) electrons. The molecule has 2 heterocycles. The van der Waals surface area contributed by atoms with Crippen LogP contribution in [0.5, 0.6) is 0 Å². The predicted molar refractivity (Wildman–Crippen MR) is 80.6 cm³/mol. The lowest BCUT2D eigenvalue weighted by molar-refractivity contribution is 0.498. The zero-order valence-electron chi connectivity index (χ0n) is 11.7. The van der Waals surface area contributed by atoms with E-state index in [-0.39, 0.29) is 11.4 Å². The van der Waals surface area contributed by atoms with E-state index in [1.807, 2.05) is 12.1 Å². The number of nitrogens with zero attached hydrogens (tertiary/aromatic N) is 1. The van der Waals surface area contributed by atoms with Crippen LogP contribution in [0.4, 0.5) is 5.69 Å². The standard InChI is InChI=1S/C15H18N2O3S/c18-21(19,16-12-14-4-3-11-20-14)15-7-5-13(6-8-15)17-9-1-2-10-17/h3-8,11,16H,1-2,9-10,12H2. The van der Waals surface area contributed by atoms with Crippen molar-refractivity contribution in [1.82, 2.24) is 4.72 Å². The minimum absolute atomic E-state index is 0.156. The van der Waals surface area contributed by atoms with E-state index in [1.165, 1.54) is 19.1 Å². The number of hydrogen-bond donors (Lipinski definition) is 1. The maximum absolute atomic E-state index is 12.2. The number of rotatable bonds is 5. The van der Waals surface area contributed by atoms with Gasteiger partial charge in [0.25, 0.3) is 0 Å². The molecule has 112 valence electrons. The summed E-state index contributed by atoms with van der Waals surface area (Å²) in [6.07, 6.45) is 3.92. The minimum atomic E-state index is -3.51. The van der Waals surface area contributed by atoms with Gasteiger partial charge in [-0.15, -0.1) is 0 Å². The summed E-state index contributed by atoms with van der Waals surface area (Å²) in [4.78, 5) is 2.55. The lowest BCUT2D eigenvalue weighted by Crippen LogP contribution is -2.23. The number of benzene rings is 1. The van der Waals surface area contributed by atoms with Gasteiger partial charge in [0.2, 0.25) is 10.0 Å². The molecule has 0 saturated carbocycles. The molecule has 0 atom stereocenters. The van der Waals surface area contributed by atoms with Crippen LogP contribution in [0.1, 0.15) is 18.6 Å². The average molecular weight is 306 g/mol. The largest absolute Gasteiger partial charge is 0.468 e. The van der Waals surface area contributed by atoms with Crippen LogP contribution < -0.4 is 9.62 Å². The van der Waals surface area contributed by atoms with Gasteiger partial charge in [0.05, 0.1) is 17.7 Å². The lowest BCUT2D eigenvalue weighted by atomic mass is 10.3. The molecule has 1 aliphatic heterocycles. The predicted octanol–water partition coefficient (Wildman–Crippen LogP) is 2.36. The Balaban J connectivity index is 1.69. The summed E-state index contributed by atoms with van der Waals surface area (Å²) in [5, 5.41) is 0. The molecular weight excluding hydrogens is 288 g/mol. The van der Waals surface area contributed by atoms with Crippen LogP contribution in [0.3, 0.4) is 0 Å². The minimum Gasteiger partial charge on any atom is -0.468 e. The van der Waals surface area contributed by atoms with E-state index >= 15 is 0 Å². The van der Waals surface area contributed by atoms with Crippen LogP contribution in [-0.4, -0.2) is 21.5 Å². The SMILES string of the molecule is O=S(=O)(NCc1ccco1)c1ccc(N2CCCC2)cc1. The van der Waals surface area contributed by atoms with Gasteiger partial charge in [-0.2, -0.15) is 0 Å². The van der Waals surface area contributed by atoms with Gasteiger partial charge in [-0.05, 0) is 49.2 Å². The van der Waals surface area contributed by atoms with Crippen molar-refractivity contribution in [2.45, 2.75) is 24.3 Å². The zero-order valence-corrected chi connectivity index (χ0v) is 12.5. The van der Waals surface area contributed by atoms with E-state index in [2.05, 4.69) is 9.62 Å². The quantitative estimate of drug-likeness (QED) is 0.921. The van der Waals surface area contributed by atoms with Crippen LogP contribution in [0, 0.1) is 0 Å². The van der Waals surface area contributed by atoms with E-state index in [9.17, 15) is 8.42 Å². The van der Waals surface area contributed by atoms with Gasteiger partial charge in [-0.25, -0.2) is 13.1 Å². The highest BCUT2D eigenvalue weighted by Crippen LogP contribution is 2.22. The van der Waals surface area contributed by atoms with Crippen molar-refractivity contribution in [3.05, 3.63) is 48.4 Å². The Morgan fingerprint density at radius 1 is 1.10 bits per heavy atom. The summed E-state index contributed by atoms with van der Waals surface area (Å²) in [7, 11) is -3.51. The maximum Gasteiger partial charge on any atom is 0.240 e. The number of furan rings is 1. The molecule has 21 heavy (non-hydrogen) atoms. The summed E-state index contributed by atoms with van der Waals surface area (Å²) in [6.45, 7) is 2.24. The second-order valence-electron chi connectivity index (χ2n) is 5.09. The Morgan fingerprint density at radius 3 is 2.43 bits per heavy atom. The van der Waals surface area contributed by atoms with Gasteiger partial charge >= 0.3 is 0 Å². The lowest BCUT2D eigenvalue weighted by Gasteiger charge is -2.17.